The molecule has 0 heterocycles. The molecule has 0 radical (unpaired) electrons. The molecule has 0 unspecified atom stereocenters. The fourth-order valence-corrected chi connectivity index (χ4v) is 1.19. The second kappa shape index (κ2) is 8.48. The molecule has 6 nitrogen and oxygen atoms in total. The molecule has 0 atom stereocenters. The summed E-state index contributed by atoms with van der Waals surface area (Å²) in [5.41, 5.74) is 0. The Morgan fingerprint density at radius 3 is 2.24 bits per heavy atom. The van der Waals surface area contributed by atoms with Gasteiger partial charge in [0.25, 0.3) is 0 Å². The van der Waals surface area contributed by atoms with Gasteiger partial charge in [-0.05, 0) is 18.1 Å². The molecule has 0 saturated heterocycles. The van der Waals surface area contributed by atoms with Crippen LogP contribution in [0.2, 0.25) is 0 Å². The molecule has 0 amide bonds. The van der Waals surface area contributed by atoms with Crippen LogP contribution in [-0.2, 0) is 9.47 Å². The van der Waals surface area contributed by atoms with Crippen molar-refractivity contribution >= 4 is 12.3 Å². The number of hydrogen-bond donors (Lipinski definition) is 0. The molecule has 1 aromatic rings. The van der Waals surface area contributed by atoms with Gasteiger partial charge in [-0.3, -0.25) is 0 Å². The molecular formula is C15H16O6. The van der Waals surface area contributed by atoms with Crippen molar-refractivity contribution < 1.29 is 28.5 Å². The molecule has 1 rings (SSSR count). The Kier molecular flexibility index (Phi) is 6.61. The lowest BCUT2D eigenvalue weighted by Gasteiger charge is -2.08. The third-order valence-electron chi connectivity index (χ3n) is 2.02. The molecule has 0 N–H and O–H groups in total. The van der Waals surface area contributed by atoms with Crippen molar-refractivity contribution in [2.75, 3.05) is 13.2 Å². The number of benzene rings is 1. The summed E-state index contributed by atoms with van der Waals surface area (Å²) in [7, 11) is 0. The van der Waals surface area contributed by atoms with Crippen LogP contribution >= 0.6 is 0 Å². The SMILES string of the molecule is C#CCOC(=O)Oc1cccc(OC(=O)OCC(C)C)c1. The van der Waals surface area contributed by atoms with E-state index < -0.39 is 12.3 Å². The maximum atomic E-state index is 11.4. The Bertz CT molecular complexity index is 529. The zero-order valence-corrected chi connectivity index (χ0v) is 11.8. The maximum Gasteiger partial charge on any atom is 0.514 e. The van der Waals surface area contributed by atoms with Gasteiger partial charge in [0, 0.05) is 6.07 Å². The predicted molar refractivity (Wildman–Crippen MR) is 74.1 cm³/mol. The first-order valence-electron chi connectivity index (χ1n) is 6.24. The van der Waals surface area contributed by atoms with Crippen LogP contribution in [-0.4, -0.2) is 25.5 Å². The van der Waals surface area contributed by atoms with Gasteiger partial charge in [0.05, 0.1) is 6.61 Å². The van der Waals surface area contributed by atoms with E-state index in [0.29, 0.717) is 0 Å². The Balaban J connectivity index is 2.54. The fourth-order valence-electron chi connectivity index (χ4n) is 1.19. The minimum absolute atomic E-state index is 0.159. The van der Waals surface area contributed by atoms with Gasteiger partial charge in [-0.1, -0.05) is 25.8 Å². The van der Waals surface area contributed by atoms with Crippen molar-refractivity contribution in [3.05, 3.63) is 24.3 Å². The van der Waals surface area contributed by atoms with E-state index in [9.17, 15) is 9.59 Å². The van der Waals surface area contributed by atoms with E-state index in [4.69, 9.17) is 20.6 Å². The number of carbonyl (C=O) groups excluding carboxylic acids is 2. The second-order valence-electron chi connectivity index (χ2n) is 4.38. The summed E-state index contributed by atoms with van der Waals surface area (Å²) in [6.45, 7) is 3.89. The van der Waals surface area contributed by atoms with Gasteiger partial charge in [0.15, 0.2) is 6.61 Å². The normalized spacial score (nSPS) is 9.62. The van der Waals surface area contributed by atoms with Crippen LogP contribution in [0.5, 0.6) is 11.5 Å². The molecule has 0 aliphatic heterocycles. The van der Waals surface area contributed by atoms with Crippen LogP contribution in [0.15, 0.2) is 24.3 Å². The molecule has 0 aliphatic carbocycles. The Labute approximate surface area is 122 Å². The maximum absolute atomic E-state index is 11.4. The second-order valence-corrected chi connectivity index (χ2v) is 4.38. The lowest BCUT2D eigenvalue weighted by atomic mass is 10.2. The van der Waals surface area contributed by atoms with Crippen molar-refractivity contribution in [1.29, 1.82) is 0 Å². The Morgan fingerprint density at radius 2 is 1.71 bits per heavy atom. The highest BCUT2D eigenvalue weighted by molar-refractivity contribution is 5.66. The summed E-state index contributed by atoms with van der Waals surface area (Å²) >= 11 is 0. The van der Waals surface area contributed by atoms with Crippen LogP contribution in [0, 0.1) is 18.3 Å². The number of terminal acetylenes is 1. The molecule has 0 aromatic heterocycles. The van der Waals surface area contributed by atoms with Gasteiger partial charge in [-0.25, -0.2) is 9.59 Å². The summed E-state index contributed by atoms with van der Waals surface area (Å²) in [6, 6.07) is 5.93. The topological polar surface area (TPSA) is 71.1 Å². The van der Waals surface area contributed by atoms with Crippen LogP contribution in [0.3, 0.4) is 0 Å². The van der Waals surface area contributed by atoms with Gasteiger partial charge < -0.3 is 18.9 Å². The number of ether oxygens (including phenoxy) is 4. The lowest BCUT2D eigenvalue weighted by Crippen LogP contribution is -2.14. The third-order valence-corrected chi connectivity index (χ3v) is 2.02. The molecular weight excluding hydrogens is 276 g/mol. The molecule has 21 heavy (non-hydrogen) atoms. The summed E-state index contributed by atoms with van der Waals surface area (Å²) in [4.78, 5) is 22.6. The molecule has 0 bridgehead atoms. The van der Waals surface area contributed by atoms with E-state index in [1.54, 1.807) is 6.07 Å². The predicted octanol–water partition coefficient (Wildman–Crippen LogP) is 3.01. The molecule has 112 valence electrons. The monoisotopic (exact) mass is 292 g/mol. The molecule has 0 aliphatic rings. The van der Waals surface area contributed by atoms with Crippen molar-refractivity contribution in [1.82, 2.24) is 0 Å². The average molecular weight is 292 g/mol. The minimum atomic E-state index is -0.938. The number of rotatable bonds is 5. The summed E-state index contributed by atoms with van der Waals surface area (Å²) in [5.74, 6) is 2.69. The van der Waals surface area contributed by atoms with E-state index in [2.05, 4.69) is 10.7 Å². The van der Waals surface area contributed by atoms with Crippen molar-refractivity contribution in [3.63, 3.8) is 0 Å². The standard InChI is InChI=1S/C15H16O6/c1-4-8-18-14(16)20-12-6-5-7-13(9-12)21-15(17)19-10-11(2)3/h1,5-7,9,11H,8,10H2,2-3H3. The third kappa shape index (κ3) is 6.87. The van der Waals surface area contributed by atoms with E-state index in [-0.39, 0.29) is 30.6 Å². The van der Waals surface area contributed by atoms with E-state index >= 15 is 0 Å². The van der Waals surface area contributed by atoms with Crippen molar-refractivity contribution in [3.8, 4) is 23.8 Å². The highest BCUT2D eigenvalue weighted by Crippen LogP contribution is 2.20. The molecule has 0 spiro atoms. The summed E-state index contributed by atoms with van der Waals surface area (Å²) in [5, 5.41) is 0. The Morgan fingerprint density at radius 1 is 1.14 bits per heavy atom. The van der Waals surface area contributed by atoms with Crippen LogP contribution in [0.25, 0.3) is 0 Å². The zero-order chi connectivity index (χ0) is 15.7. The highest BCUT2D eigenvalue weighted by atomic mass is 16.7. The fraction of sp³-hybridized carbons (Fsp3) is 0.333. The van der Waals surface area contributed by atoms with Crippen molar-refractivity contribution in [2.45, 2.75) is 13.8 Å². The number of hydrogen-bond acceptors (Lipinski definition) is 6. The van der Waals surface area contributed by atoms with E-state index in [1.807, 2.05) is 13.8 Å². The molecule has 0 saturated carbocycles. The number of carbonyl (C=O) groups is 2. The van der Waals surface area contributed by atoms with Crippen LogP contribution in [0.1, 0.15) is 13.8 Å². The summed E-state index contributed by atoms with van der Waals surface area (Å²) in [6.07, 6.45) is 3.18. The summed E-state index contributed by atoms with van der Waals surface area (Å²) < 4.78 is 19.2. The van der Waals surface area contributed by atoms with Gasteiger partial charge in [-0.2, -0.15) is 0 Å². The smallest absolute Gasteiger partial charge is 0.434 e. The first-order valence-corrected chi connectivity index (χ1v) is 6.24. The highest BCUT2D eigenvalue weighted by Gasteiger charge is 2.10. The zero-order valence-electron chi connectivity index (χ0n) is 11.8. The lowest BCUT2D eigenvalue weighted by molar-refractivity contribution is 0.0884. The van der Waals surface area contributed by atoms with Crippen LogP contribution < -0.4 is 9.47 Å². The van der Waals surface area contributed by atoms with Gasteiger partial charge in [0.2, 0.25) is 0 Å². The first kappa shape index (κ1) is 16.4. The van der Waals surface area contributed by atoms with E-state index in [1.165, 1.54) is 18.2 Å². The largest absolute Gasteiger partial charge is 0.514 e. The van der Waals surface area contributed by atoms with Crippen molar-refractivity contribution in [2.24, 2.45) is 5.92 Å². The molecule has 1 aromatic carbocycles. The van der Waals surface area contributed by atoms with Gasteiger partial charge in [-0.15, -0.1) is 6.42 Å². The Hall–Kier alpha value is -2.68. The minimum Gasteiger partial charge on any atom is -0.434 e. The van der Waals surface area contributed by atoms with Gasteiger partial charge in [0.1, 0.15) is 11.5 Å². The van der Waals surface area contributed by atoms with Gasteiger partial charge >= 0.3 is 12.3 Å². The average Bonchev–Trinajstić information content (AvgIpc) is 2.43. The quantitative estimate of drug-likeness (QED) is 0.472. The van der Waals surface area contributed by atoms with Crippen LogP contribution in [0.4, 0.5) is 9.59 Å². The molecule has 6 heteroatoms. The van der Waals surface area contributed by atoms with E-state index in [0.717, 1.165) is 0 Å². The molecule has 0 fully saturated rings. The first-order chi connectivity index (χ1) is 10.0.